The molecule has 0 atom stereocenters. The predicted molar refractivity (Wildman–Crippen MR) is 143 cm³/mol. The first-order chi connectivity index (χ1) is 19.0. The number of aliphatic hydroxyl groups is 1. The second kappa shape index (κ2) is 15.4. The molecule has 3 aliphatic rings. The Labute approximate surface area is 232 Å². The maximum absolute atomic E-state index is 12.4. The third kappa shape index (κ3) is 11.4. The summed E-state index contributed by atoms with van der Waals surface area (Å²) in [4.78, 5) is 10.2. The molecule has 0 aliphatic heterocycles. The number of halogens is 3. The van der Waals surface area contributed by atoms with Crippen molar-refractivity contribution in [2.45, 2.75) is 76.7 Å². The highest BCUT2D eigenvalue weighted by Crippen LogP contribution is 2.30. The van der Waals surface area contributed by atoms with Crippen LogP contribution in [0.3, 0.4) is 0 Å². The summed E-state index contributed by atoms with van der Waals surface area (Å²) in [7, 11) is 0. The molecule has 3 aromatic heterocycles. The van der Waals surface area contributed by atoms with Crippen LogP contribution in [0.1, 0.15) is 52.4 Å². The molecule has 8 nitrogen and oxygen atoms in total. The van der Waals surface area contributed by atoms with E-state index in [1.807, 2.05) is 0 Å². The van der Waals surface area contributed by atoms with Crippen molar-refractivity contribution in [3.05, 3.63) is 72.8 Å². The minimum absolute atomic E-state index is 0.0219. The Morgan fingerprint density at radius 1 is 0.675 bits per heavy atom. The van der Waals surface area contributed by atoms with Crippen LogP contribution in [0, 0.1) is 29.7 Å². The maximum Gasteiger partial charge on any atom is 0.213 e. The highest BCUT2D eigenvalue weighted by Gasteiger charge is 2.28. The van der Waals surface area contributed by atoms with Crippen molar-refractivity contribution in [3.8, 4) is 17.2 Å². The summed E-state index contributed by atoms with van der Waals surface area (Å²) in [6.45, 7) is 4.36. The van der Waals surface area contributed by atoms with E-state index < -0.39 is 17.8 Å². The number of pyridine rings is 3. The summed E-state index contributed by atoms with van der Waals surface area (Å²) >= 11 is 0. The SMILES string of the molecule is CC1CC(O)C1.CC1CC(Oc2ccc(F)nc2)C1.NC1CC(Oc2ccc(F)nc2)C1.Oc1ccc(F)nc1. The van der Waals surface area contributed by atoms with Crippen molar-refractivity contribution in [1.82, 2.24) is 15.0 Å². The van der Waals surface area contributed by atoms with Gasteiger partial charge in [0.15, 0.2) is 0 Å². The van der Waals surface area contributed by atoms with Crippen LogP contribution in [-0.2, 0) is 0 Å². The number of ether oxygens (including phenoxy) is 2. The molecular weight excluding hydrogens is 525 g/mol. The van der Waals surface area contributed by atoms with Gasteiger partial charge in [0.25, 0.3) is 0 Å². The van der Waals surface area contributed by atoms with Crippen molar-refractivity contribution in [2.24, 2.45) is 17.6 Å². The molecule has 218 valence electrons. The molecule has 0 radical (unpaired) electrons. The molecule has 3 fully saturated rings. The first kappa shape index (κ1) is 31.1. The summed E-state index contributed by atoms with van der Waals surface area (Å²) in [6.07, 6.45) is 10.4. The Morgan fingerprint density at radius 2 is 1.10 bits per heavy atom. The molecule has 4 N–H and O–H groups in total. The molecule has 0 bridgehead atoms. The number of aliphatic hydroxyl groups excluding tert-OH is 1. The van der Waals surface area contributed by atoms with Crippen LogP contribution in [0.4, 0.5) is 13.2 Å². The maximum atomic E-state index is 12.4. The van der Waals surface area contributed by atoms with Crippen LogP contribution in [0.25, 0.3) is 0 Å². The van der Waals surface area contributed by atoms with Crippen molar-refractivity contribution in [1.29, 1.82) is 0 Å². The monoisotopic (exact) mass is 562 g/mol. The number of aromatic nitrogens is 3. The second-order valence-corrected chi connectivity index (χ2v) is 10.5. The number of aromatic hydroxyl groups is 1. The Morgan fingerprint density at radius 3 is 1.38 bits per heavy atom. The zero-order valence-electron chi connectivity index (χ0n) is 22.7. The summed E-state index contributed by atoms with van der Waals surface area (Å²) < 4.78 is 47.7. The van der Waals surface area contributed by atoms with Gasteiger partial charge < -0.3 is 25.4 Å². The normalized spacial score (nSPS) is 25.9. The minimum atomic E-state index is -0.581. The van der Waals surface area contributed by atoms with E-state index in [-0.39, 0.29) is 24.0 Å². The lowest BCUT2D eigenvalue weighted by Crippen LogP contribution is -2.43. The lowest BCUT2D eigenvalue weighted by atomic mass is 9.84. The summed E-state index contributed by atoms with van der Waals surface area (Å²) in [5, 5.41) is 17.1. The molecule has 0 amide bonds. The van der Waals surface area contributed by atoms with Crippen LogP contribution in [-0.4, -0.2) is 49.5 Å². The van der Waals surface area contributed by atoms with E-state index in [1.54, 1.807) is 12.1 Å². The number of rotatable bonds is 4. The first-order valence-corrected chi connectivity index (χ1v) is 13.4. The van der Waals surface area contributed by atoms with Gasteiger partial charge >= 0.3 is 0 Å². The van der Waals surface area contributed by atoms with Gasteiger partial charge in [0, 0.05) is 6.04 Å². The lowest BCUT2D eigenvalue weighted by molar-refractivity contribution is 0.0513. The largest absolute Gasteiger partial charge is 0.506 e. The highest BCUT2D eigenvalue weighted by molar-refractivity contribution is 5.18. The minimum Gasteiger partial charge on any atom is -0.506 e. The second-order valence-electron chi connectivity index (χ2n) is 10.5. The van der Waals surface area contributed by atoms with E-state index in [9.17, 15) is 13.2 Å². The molecular formula is C29H37F3N4O4. The number of nitrogens with two attached hydrogens (primary N) is 1. The molecule has 3 aliphatic carbocycles. The zero-order valence-corrected chi connectivity index (χ0v) is 22.7. The van der Waals surface area contributed by atoms with E-state index in [4.69, 9.17) is 25.4 Å². The molecule has 0 unspecified atom stereocenters. The van der Waals surface area contributed by atoms with Gasteiger partial charge in [0.1, 0.15) is 23.4 Å². The number of hydrogen-bond acceptors (Lipinski definition) is 8. The van der Waals surface area contributed by atoms with Crippen LogP contribution >= 0.6 is 0 Å². The van der Waals surface area contributed by atoms with Gasteiger partial charge in [-0.2, -0.15) is 13.2 Å². The highest BCUT2D eigenvalue weighted by atomic mass is 19.1. The molecule has 3 aromatic rings. The van der Waals surface area contributed by atoms with Gasteiger partial charge in [-0.25, -0.2) is 15.0 Å². The Kier molecular flexibility index (Phi) is 12.0. The summed E-state index contributed by atoms with van der Waals surface area (Å²) in [5.74, 6) is 1.27. The van der Waals surface area contributed by atoms with E-state index in [2.05, 4.69) is 28.8 Å². The van der Waals surface area contributed by atoms with E-state index in [1.165, 1.54) is 30.6 Å². The molecule has 0 spiro atoms. The third-order valence-electron chi connectivity index (χ3n) is 6.53. The predicted octanol–water partition coefficient (Wildman–Crippen LogP) is 5.19. The molecule has 0 saturated heterocycles. The Bertz CT molecular complexity index is 1030. The fourth-order valence-corrected chi connectivity index (χ4v) is 4.10. The van der Waals surface area contributed by atoms with Crippen LogP contribution in [0.15, 0.2) is 55.0 Å². The van der Waals surface area contributed by atoms with Crippen molar-refractivity contribution < 1.29 is 32.9 Å². The van der Waals surface area contributed by atoms with Gasteiger partial charge in [-0.3, -0.25) is 0 Å². The van der Waals surface area contributed by atoms with Gasteiger partial charge in [0.2, 0.25) is 17.8 Å². The quantitative estimate of drug-likeness (QED) is 0.371. The molecule has 40 heavy (non-hydrogen) atoms. The van der Waals surface area contributed by atoms with E-state index in [0.29, 0.717) is 17.6 Å². The molecule has 3 saturated carbocycles. The average molecular weight is 563 g/mol. The van der Waals surface area contributed by atoms with Crippen LogP contribution in [0.5, 0.6) is 17.2 Å². The standard InChI is InChI=1S/C10H12FNO.C9H11FN2O.C5H4FNO.C5H10O/c1-7-4-9(5-7)13-8-2-3-10(11)12-6-8;10-9-2-1-7(5-12-9)13-8-3-6(11)4-8;6-5-2-1-4(8)3-7-5;1-4-2-5(6)3-4/h2-3,6-7,9H,4-5H2,1H3;1-2,5-6,8H,3-4,11H2;1-3,8H;4-6H,2-3H2,1H3. The van der Waals surface area contributed by atoms with E-state index >= 15 is 0 Å². The Balaban J connectivity index is 0.000000154. The van der Waals surface area contributed by atoms with Crippen molar-refractivity contribution in [2.75, 3.05) is 0 Å². The molecule has 11 heteroatoms. The Hall–Kier alpha value is -3.44. The van der Waals surface area contributed by atoms with Gasteiger partial charge in [0.05, 0.1) is 30.8 Å². The average Bonchev–Trinajstić information content (AvgIpc) is 2.87. The van der Waals surface area contributed by atoms with Crippen LogP contribution < -0.4 is 15.2 Å². The molecule has 3 heterocycles. The van der Waals surface area contributed by atoms with Crippen molar-refractivity contribution >= 4 is 0 Å². The topological polar surface area (TPSA) is 124 Å². The molecule has 0 aromatic carbocycles. The fraction of sp³-hybridized carbons (Fsp3) is 0.483. The lowest BCUT2D eigenvalue weighted by Gasteiger charge is -2.32. The number of nitrogens with zero attached hydrogens (tertiary/aromatic N) is 3. The fourth-order valence-electron chi connectivity index (χ4n) is 4.10. The smallest absolute Gasteiger partial charge is 0.213 e. The van der Waals surface area contributed by atoms with Crippen LogP contribution in [0.2, 0.25) is 0 Å². The van der Waals surface area contributed by atoms with E-state index in [0.717, 1.165) is 62.6 Å². The molecule has 6 rings (SSSR count). The third-order valence-corrected chi connectivity index (χ3v) is 6.53. The summed E-state index contributed by atoms with van der Waals surface area (Å²) in [5.41, 5.74) is 5.59. The van der Waals surface area contributed by atoms with Crippen molar-refractivity contribution in [3.63, 3.8) is 0 Å². The number of hydrogen-bond donors (Lipinski definition) is 3. The summed E-state index contributed by atoms with van der Waals surface area (Å²) in [6, 6.07) is 8.39. The zero-order chi connectivity index (χ0) is 29.1. The van der Waals surface area contributed by atoms with Gasteiger partial charge in [-0.1, -0.05) is 13.8 Å². The van der Waals surface area contributed by atoms with Gasteiger partial charge in [-0.15, -0.1) is 0 Å². The first-order valence-electron chi connectivity index (χ1n) is 13.4. The van der Waals surface area contributed by atoms with Gasteiger partial charge in [-0.05, 0) is 86.8 Å².